The summed E-state index contributed by atoms with van der Waals surface area (Å²) in [6.45, 7) is 2.08. The fourth-order valence-corrected chi connectivity index (χ4v) is 2.48. The number of esters is 1. The molecule has 21 heavy (non-hydrogen) atoms. The molecule has 0 aliphatic carbocycles. The summed E-state index contributed by atoms with van der Waals surface area (Å²) in [6, 6.07) is 11.1. The minimum absolute atomic E-state index is 0.417. The number of carbonyl (C=O) groups is 1. The summed E-state index contributed by atoms with van der Waals surface area (Å²) in [5.41, 5.74) is 9.47. The van der Waals surface area contributed by atoms with E-state index in [2.05, 4.69) is 34.2 Å². The molecule has 0 amide bonds. The van der Waals surface area contributed by atoms with E-state index in [-0.39, 0.29) is 0 Å². The van der Waals surface area contributed by atoms with Crippen LogP contribution in [0.15, 0.2) is 40.9 Å². The molecule has 0 bridgehead atoms. The Morgan fingerprint density at radius 3 is 2.62 bits per heavy atom. The summed E-state index contributed by atoms with van der Waals surface area (Å²) in [5, 5.41) is 3.28. The van der Waals surface area contributed by atoms with Crippen LogP contribution in [0.1, 0.15) is 22.8 Å². The summed E-state index contributed by atoms with van der Waals surface area (Å²) in [4.78, 5) is 11.9. The van der Waals surface area contributed by atoms with Crippen LogP contribution >= 0.6 is 15.9 Å². The number of ether oxygens (including phenoxy) is 1. The predicted octanol–water partition coefficient (Wildman–Crippen LogP) is 4.12. The number of hydrogen-bond acceptors (Lipinski definition) is 4. The van der Waals surface area contributed by atoms with E-state index >= 15 is 0 Å². The SMILES string of the molecule is CCc1cc(Br)ccc1Nc1ccc(N)cc1C(=O)OC. The molecule has 0 radical (unpaired) electrons. The first-order valence-corrected chi connectivity index (χ1v) is 7.37. The average Bonchev–Trinajstić information content (AvgIpc) is 2.49. The maximum atomic E-state index is 11.9. The van der Waals surface area contributed by atoms with E-state index in [9.17, 15) is 4.79 Å². The van der Waals surface area contributed by atoms with Crippen LogP contribution < -0.4 is 11.1 Å². The molecule has 3 N–H and O–H groups in total. The highest BCUT2D eigenvalue weighted by atomic mass is 79.9. The molecule has 5 heteroatoms. The smallest absolute Gasteiger partial charge is 0.340 e. The number of rotatable bonds is 4. The van der Waals surface area contributed by atoms with Crippen molar-refractivity contribution < 1.29 is 9.53 Å². The molecule has 0 aliphatic rings. The lowest BCUT2D eigenvalue weighted by molar-refractivity contribution is 0.0602. The van der Waals surface area contributed by atoms with Crippen LogP contribution in [0.2, 0.25) is 0 Å². The second-order valence-corrected chi connectivity index (χ2v) is 5.49. The number of halogens is 1. The van der Waals surface area contributed by atoms with Gasteiger partial charge in [-0.05, 0) is 48.4 Å². The number of hydrogen-bond donors (Lipinski definition) is 2. The van der Waals surface area contributed by atoms with Gasteiger partial charge in [-0.3, -0.25) is 0 Å². The molecule has 0 unspecified atom stereocenters. The Hall–Kier alpha value is -2.01. The van der Waals surface area contributed by atoms with Gasteiger partial charge in [-0.1, -0.05) is 22.9 Å². The molecular formula is C16H17BrN2O2. The minimum Gasteiger partial charge on any atom is -0.465 e. The highest BCUT2D eigenvalue weighted by molar-refractivity contribution is 9.10. The normalized spacial score (nSPS) is 10.2. The fourth-order valence-electron chi connectivity index (χ4n) is 2.07. The largest absolute Gasteiger partial charge is 0.465 e. The van der Waals surface area contributed by atoms with Gasteiger partial charge in [-0.25, -0.2) is 4.79 Å². The maximum absolute atomic E-state index is 11.9. The van der Waals surface area contributed by atoms with Gasteiger partial charge in [0.25, 0.3) is 0 Å². The van der Waals surface area contributed by atoms with Gasteiger partial charge in [0, 0.05) is 15.8 Å². The molecule has 110 valence electrons. The molecule has 0 spiro atoms. The first kappa shape index (κ1) is 15.4. The van der Waals surface area contributed by atoms with Gasteiger partial charge in [0.1, 0.15) is 0 Å². The van der Waals surface area contributed by atoms with Gasteiger partial charge >= 0.3 is 5.97 Å². The van der Waals surface area contributed by atoms with E-state index < -0.39 is 5.97 Å². The van der Waals surface area contributed by atoms with Crippen molar-refractivity contribution in [3.05, 3.63) is 52.0 Å². The van der Waals surface area contributed by atoms with Gasteiger partial charge < -0.3 is 15.8 Å². The third-order valence-corrected chi connectivity index (χ3v) is 3.66. The van der Waals surface area contributed by atoms with Crippen LogP contribution in [0, 0.1) is 0 Å². The third-order valence-electron chi connectivity index (χ3n) is 3.17. The summed E-state index contributed by atoms with van der Waals surface area (Å²) >= 11 is 3.46. The number of aryl methyl sites for hydroxylation is 1. The first-order valence-electron chi connectivity index (χ1n) is 6.58. The Morgan fingerprint density at radius 1 is 1.24 bits per heavy atom. The predicted molar refractivity (Wildman–Crippen MR) is 89.0 cm³/mol. The summed E-state index contributed by atoms with van der Waals surface area (Å²) in [6.07, 6.45) is 0.879. The Bertz CT molecular complexity index is 671. The monoisotopic (exact) mass is 348 g/mol. The molecule has 0 aliphatic heterocycles. The van der Waals surface area contributed by atoms with Gasteiger partial charge in [0.2, 0.25) is 0 Å². The van der Waals surface area contributed by atoms with Crippen molar-refractivity contribution in [2.75, 3.05) is 18.2 Å². The first-order chi connectivity index (χ1) is 10.0. The molecule has 2 rings (SSSR count). The number of nitrogens with one attached hydrogen (secondary N) is 1. The third kappa shape index (κ3) is 3.55. The van der Waals surface area contributed by atoms with Gasteiger partial charge in [0.15, 0.2) is 0 Å². The van der Waals surface area contributed by atoms with E-state index in [0.717, 1.165) is 22.1 Å². The van der Waals surface area contributed by atoms with Crippen LogP contribution in [0.5, 0.6) is 0 Å². The Labute approximate surface area is 132 Å². The number of nitrogen functional groups attached to an aromatic ring is 1. The number of methoxy groups -OCH3 is 1. The second-order valence-electron chi connectivity index (χ2n) is 4.58. The van der Waals surface area contributed by atoms with Crippen molar-refractivity contribution in [1.82, 2.24) is 0 Å². The molecule has 0 saturated carbocycles. The molecule has 0 atom stereocenters. The minimum atomic E-state index is -0.417. The van der Waals surface area contributed by atoms with Crippen molar-refractivity contribution in [2.24, 2.45) is 0 Å². The van der Waals surface area contributed by atoms with E-state index in [1.807, 2.05) is 12.1 Å². The van der Waals surface area contributed by atoms with Crippen LogP contribution in [0.4, 0.5) is 17.1 Å². The second kappa shape index (κ2) is 6.63. The zero-order chi connectivity index (χ0) is 15.4. The highest BCUT2D eigenvalue weighted by Crippen LogP contribution is 2.28. The standard InChI is InChI=1S/C16H17BrN2O2/c1-3-10-8-11(17)4-6-14(10)19-15-7-5-12(18)9-13(15)16(20)21-2/h4-9,19H,3,18H2,1-2H3. The van der Waals surface area contributed by atoms with Gasteiger partial charge in [-0.2, -0.15) is 0 Å². The Morgan fingerprint density at radius 2 is 1.95 bits per heavy atom. The number of anilines is 3. The Balaban J connectivity index is 2.42. The van der Waals surface area contributed by atoms with Crippen LogP contribution in [-0.2, 0) is 11.2 Å². The summed E-state index contributed by atoms with van der Waals surface area (Å²) in [7, 11) is 1.35. The van der Waals surface area contributed by atoms with Crippen LogP contribution in [0.25, 0.3) is 0 Å². The lowest BCUT2D eigenvalue weighted by Crippen LogP contribution is -2.07. The zero-order valence-electron chi connectivity index (χ0n) is 11.9. The number of nitrogens with two attached hydrogens (primary N) is 1. The number of carbonyl (C=O) groups excluding carboxylic acids is 1. The van der Waals surface area contributed by atoms with Crippen molar-refractivity contribution in [3.8, 4) is 0 Å². The lowest BCUT2D eigenvalue weighted by atomic mass is 10.1. The van der Waals surface area contributed by atoms with E-state index in [1.54, 1.807) is 18.2 Å². The summed E-state index contributed by atoms with van der Waals surface area (Å²) < 4.78 is 5.83. The van der Waals surface area contributed by atoms with Crippen molar-refractivity contribution in [3.63, 3.8) is 0 Å². The lowest BCUT2D eigenvalue weighted by Gasteiger charge is -2.14. The molecular weight excluding hydrogens is 332 g/mol. The summed E-state index contributed by atoms with van der Waals surface area (Å²) in [5.74, 6) is -0.417. The molecule has 4 nitrogen and oxygen atoms in total. The zero-order valence-corrected chi connectivity index (χ0v) is 13.5. The van der Waals surface area contributed by atoms with Gasteiger partial charge in [0.05, 0.1) is 18.4 Å². The molecule has 2 aromatic rings. The van der Waals surface area contributed by atoms with Crippen molar-refractivity contribution in [1.29, 1.82) is 0 Å². The van der Waals surface area contributed by atoms with E-state index in [4.69, 9.17) is 10.5 Å². The van der Waals surface area contributed by atoms with E-state index in [0.29, 0.717) is 16.9 Å². The fraction of sp³-hybridized carbons (Fsp3) is 0.188. The maximum Gasteiger partial charge on any atom is 0.340 e. The van der Waals surface area contributed by atoms with Crippen molar-refractivity contribution >= 4 is 39.0 Å². The topological polar surface area (TPSA) is 64.3 Å². The molecule has 0 aromatic heterocycles. The van der Waals surface area contributed by atoms with Gasteiger partial charge in [-0.15, -0.1) is 0 Å². The Kier molecular flexibility index (Phi) is 4.85. The molecule has 0 saturated heterocycles. The average molecular weight is 349 g/mol. The van der Waals surface area contributed by atoms with Crippen molar-refractivity contribution in [2.45, 2.75) is 13.3 Å². The molecule has 2 aromatic carbocycles. The number of benzene rings is 2. The quantitative estimate of drug-likeness (QED) is 0.644. The van der Waals surface area contributed by atoms with E-state index in [1.165, 1.54) is 7.11 Å². The molecule has 0 fully saturated rings. The molecule has 0 heterocycles. The van der Waals surface area contributed by atoms with Crippen LogP contribution in [-0.4, -0.2) is 13.1 Å². The highest BCUT2D eigenvalue weighted by Gasteiger charge is 2.13. The van der Waals surface area contributed by atoms with Crippen LogP contribution in [0.3, 0.4) is 0 Å².